The first-order valence-electron chi connectivity index (χ1n) is 5.36. The van der Waals surface area contributed by atoms with E-state index in [-0.39, 0.29) is 5.54 Å². The molecule has 0 saturated carbocycles. The minimum atomic E-state index is 0.0795. The fourth-order valence-corrected chi connectivity index (χ4v) is 1.42. The summed E-state index contributed by atoms with van der Waals surface area (Å²) in [5, 5.41) is 1.09. The second-order valence-corrected chi connectivity index (χ2v) is 4.16. The minimum absolute atomic E-state index is 0.0795. The molecule has 0 radical (unpaired) electrons. The van der Waals surface area contributed by atoms with Crippen LogP contribution in [0, 0.1) is 0 Å². The molecule has 0 aliphatic carbocycles. The van der Waals surface area contributed by atoms with Gasteiger partial charge in [0.25, 0.3) is 0 Å². The molecule has 0 fully saturated rings. The van der Waals surface area contributed by atoms with Gasteiger partial charge in [-0.3, -0.25) is 0 Å². The molecule has 0 saturated heterocycles. The summed E-state index contributed by atoms with van der Waals surface area (Å²) in [6.07, 6.45) is 5.48. The summed E-state index contributed by atoms with van der Waals surface area (Å²) in [5.41, 5.74) is 1.08. The molecular weight excluding hydrogens is 186 g/mol. The Labute approximate surface area is 91.2 Å². The average Bonchev–Trinajstić information content (AvgIpc) is 2.63. The molecule has 82 valence electrons. The molecule has 0 aliphatic rings. The maximum Gasteiger partial charge on any atom is 0.143 e. The van der Waals surface area contributed by atoms with Gasteiger partial charge in [0.2, 0.25) is 0 Å². The number of rotatable bonds is 0. The second kappa shape index (κ2) is 4.43. The average molecular weight is 205 g/mol. The van der Waals surface area contributed by atoms with Crippen LogP contribution in [0.2, 0.25) is 0 Å². The maximum atomic E-state index is 4.26. The molecule has 2 heterocycles. The van der Waals surface area contributed by atoms with Crippen molar-refractivity contribution < 1.29 is 0 Å². The highest BCUT2D eigenvalue weighted by atomic mass is 15.1. The van der Waals surface area contributed by atoms with E-state index in [4.69, 9.17) is 0 Å². The van der Waals surface area contributed by atoms with Gasteiger partial charge >= 0.3 is 0 Å². The van der Waals surface area contributed by atoms with E-state index in [1.165, 1.54) is 0 Å². The Morgan fingerprint density at radius 1 is 1.20 bits per heavy atom. The van der Waals surface area contributed by atoms with Gasteiger partial charge in [0.05, 0.1) is 0 Å². The number of hydrogen-bond donors (Lipinski definition) is 0. The van der Waals surface area contributed by atoms with Crippen molar-refractivity contribution >= 4 is 11.0 Å². The van der Waals surface area contributed by atoms with Gasteiger partial charge in [-0.05, 0) is 26.8 Å². The molecular formula is C12H19N3. The zero-order valence-corrected chi connectivity index (χ0v) is 10.2. The molecule has 2 rings (SSSR count). The molecule has 3 heteroatoms. The van der Waals surface area contributed by atoms with Crippen molar-refractivity contribution in [3.63, 3.8) is 0 Å². The van der Waals surface area contributed by atoms with Crippen LogP contribution in [-0.2, 0) is 5.54 Å². The van der Waals surface area contributed by atoms with Crippen LogP contribution in [0.1, 0.15) is 34.6 Å². The van der Waals surface area contributed by atoms with Crippen LogP contribution in [-0.4, -0.2) is 14.5 Å². The molecule has 2 aromatic heterocycles. The summed E-state index contributed by atoms with van der Waals surface area (Å²) < 4.78 is 2.16. The lowest BCUT2D eigenvalue weighted by Crippen LogP contribution is -2.20. The van der Waals surface area contributed by atoms with E-state index in [9.17, 15) is 0 Å². The standard InChI is InChI=1S/C10H13N3.C2H6/c1-10(2,3)13-5-4-8-6-11-7-12-9(8)13;1-2/h4-7H,1-3H3;1-2H3. The van der Waals surface area contributed by atoms with Crippen molar-refractivity contribution in [2.24, 2.45) is 0 Å². The number of fused-ring (bicyclic) bond motifs is 1. The third kappa shape index (κ3) is 2.35. The lowest BCUT2D eigenvalue weighted by atomic mass is 10.1. The fraction of sp³-hybridized carbons (Fsp3) is 0.500. The Hall–Kier alpha value is -1.38. The SMILES string of the molecule is CC.CC(C)(C)n1ccc2cncnc21. The van der Waals surface area contributed by atoms with Gasteiger partial charge in [-0.2, -0.15) is 0 Å². The van der Waals surface area contributed by atoms with E-state index in [0.29, 0.717) is 0 Å². The van der Waals surface area contributed by atoms with Gasteiger partial charge in [0.15, 0.2) is 0 Å². The second-order valence-electron chi connectivity index (χ2n) is 4.16. The zero-order chi connectivity index (χ0) is 11.5. The van der Waals surface area contributed by atoms with Gasteiger partial charge in [0.1, 0.15) is 12.0 Å². The van der Waals surface area contributed by atoms with Crippen molar-refractivity contribution in [2.45, 2.75) is 40.2 Å². The Bertz CT molecular complexity index is 424. The highest BCUT2D eigenvalue weighted by Crippen LogP contribution is 2.20. The van der Waals surface area contributed by atoms with Crippen molar-refractivity contribution in [3.8, 4) is 0 Å². The predicted octanol–water partition coefficient (Wildman–Crippen LogP) is 3.21. The van der Waals surface area contributed by atoms with E-state index in [1.807, 2.05) is 26.1 Å². The quantitative estimate of drug-likeness (QED) is 0.661. The Kier molecular flexibility index (Phi) is 3.45. The van der Waals surface area contributed by atoms with Gasteiger partial charge in [-0.15, -0.1) is 0 Å². The monoisotopic (exact) mass is 205 g/mol. The molecule has 2 aromatic rings. The topological polar surface area (TPSA) is 30.7 Å². The van der Waals surface area contributed by atoms with Gasteiger partial charge < -0.3 is 4.57 Å². The Morgan fingerprint density at radius 2 is 1.87 bits per heavy atom. The molecule has 0 atom stereocenters. The van der Waals surface area contributed by atoms with E-state index in [0.717, 1.165) is 11.0 Å². The summed E-state index contributed by atoms with van der Waals surface area (Å²) in [4.78, 5) is 8.24. The van der Waals surface area contributed by atoms with Crippen LogP contribution < -0.4 is 0 Å². The van der Waals surface area contributed by atoms with E-state index < -0.39 is 0 Å². The molecule has 0 amide bonds. The summed E-state index contributed by atoms with van der Waals surface area (Å²) in [6, 6.07) is 2.04. The number of nitrogens with zero attached hydrogens (tertiary/aromatic N) is 3. The van der Waals surface area contributed by atoms with Gasteiger partial charge in [0, 0.05) is 23.3 Å². The van der Waals surface area contributed by atoms with Gasteiger partial charge in [-0.1, -0.05) is 13.8 Å². The van der Waals surface area contributed by atoms with Crippen LogP contribution >= 0.6 is 0 Å². The third-order valence-corrected chi connectivity index (χ3v) is 2.07. The molecule has 0 N–H and O–H groups in total. The van der Waals surface area contributed by atoms with Crippen molar-refractivity contribution in [1.82, 2.24) is 14.5 Å². The summed E-state index contributed by atoms with van der Waals surface area (Å²) in [6.45, 7) is 10.5. The first-order chi connectivity index (χ1) is 7.09. The highest BCUT2D eigenvalue weighted by molar-refractivity contribution is 5.74. The highest BCUT2D eigenvalue weighted by Gasteiger charge is 2.15. The van der Waals surface area contributed by atoms with Crippen LogP contribution in [0.4, 0.5) is 0 Å². The first kappa shape index (κ1) is 11.7. The molecule has 0 aromatic carbocycles. The first-order valence-corrected chi connectivity index (χ1v) is 5.36. The largest absolute Gasteiger partial charge is 0.327 e. The lowest BCUT2D eigenvalue weighted by Gasteiger charge is -2.21. The van der Waals surface area contributed by atoms with Crippen molar-refractivity contribution in [1.29, 1.82) is 0 Å². The normalized spacial score (nSPS) is 11.0. The zero-order valence-electron chi connectivity index (χ0n) is 10.2. The summed E-state index contributed by atoms with van der Waals surface area (Å²) >= 11 is 0. The van der Waals surface area contributed by atoms with Gasteiger partial charge in [-0.25, -0.2) is 9.97 Å². The Balaban J connectivity index is 0.000000531. The lowest BCUT2D eigenvalue weighted by molar-refractivity contribution is 0.408. The van der Waals surface area contributed by atoms with E-state index in [2.05, 4.69) is 41.5 Å². The predicted molar refractivity (Wildman–Crippen MR) is 63.9 cm³/mol. The summed E-state index contributed by atoms with van der Waals surface area (Å²) in [7, 11) is 0. The van der Waals surface area contributed by atoms with E-state index >= 15 is 0 Å². The molecule has 0 bridgehead atoms. The van der Waals surface area contributed by atoms with Crippen LogP contribution in [0.25, 0.3) is 11.0 Å². The Morgan fingerprint density at radius 3 is 2.47 bits per heavy atom. The summed E-state index contributed by atoms with van der Waals surface area (Å²) in [5.74, 6) is 0. The van der Waals surface area contributed by atoms with Crippen LogP contribution in [0.3, 0.4) is 0 Å². The number of aromatic nitrogens is 3. The van der Waals surface area contributed by atoms with Crippen molar-refractivity contribution in [2.75, 3.05) is 0 Å². The molecule has 0 aliphatic heterocycles. The minimum Gasteiger partial charge on any atom is -0.327 e. The van der Waals surface area contributed by atoms with E-state index in [1.54, 1.807) is 6.33 Å². The fourth-order valence-electron chi connectivity index (χ4n) is 1.42. The smallest absolute Gasteiger partial charge is 0.143 e. The number of hydrogen-bond acceptors (Lipinski definition) is 2. The maximum absolute atomic E-state index is 4.26. The molecule has 0 unspecified atom stereocenters. The van der Waals surface area contributed by atoms with Crippen molar-refractivity contribution in [3.05, 3.63) is 24.8 Å². The molecule has 15 heavy (non-hydrogen) atoms. The van der Waals surface area contributed by atoms with Crippen LogP contribution in [0.15, 0.2) is 24.8 Å². The molecule has 0 spiro atoms. The van der Waals surface area contributed by atoms with Crippen LogP contribution in [0.5, 0.6) is 0 Å². The molecule has 3 nitrogen and oxygen atoms in total. The third-order valence-electron chi connectivity index (χ3n) is 2.07.